The summed E-state index contributed by atoms with van der Waals surface area (Å²) >= 11 is 0. The zero-order valence-corrected chi connectivity index (χ0v) is 9.84. The minimum atomic E-state index is -0.0521. The van der Waals surface area contributed by atoms with E-state index in [-0.39, 0.29) is 5.56 Å². The van der Waals surface area contributed by atoms with E-state index in [9.17, 15) is 4.79 Å². The van der Waals surface area contributed by atoms with Crippen LogP contribution in [0, 0.1) is 6.92 Å². The van der Waals surface area contributed by atoms with Crippen molar-refractivity contribution in [3.63, 3.8) is 0 Å². The zero-order valence-electron chi connectivity index (χ0n) is 9.84. The highest BCUT2D eigenvalue weighted by Crippen LogP contribution is 2.04. The van der Waals surface area contributed by atoms with Gasteiger partial charge in [-0.2, -0.15) is 0 Å². The number of hydrogen-bond acceptors (Lipinski definition) is 2. The lowest BCUT2D eigenvalue weighted by Gasteiger charge is -2.07. The minimum absolute atomic E-state index is 0.0521. The number of benzene rings is 1. The third-order valence-electron chi connectivity index (χ3n) is 2.04. The average molecular weight is 216 g/mol. The van der Waals surface area contributed by atoms with Crippen molar-refractivity contribution in [3.05, 3.63) is 58.8 Å². The molecule has 0 spiro atoms. The Hall–Kier alpha value is -1.90. The highest BCUT2D eigenvalue weighted by atomic mass is 16.1. The normalized spacial score (nSPS) is 9.19. The smallest absolute Gasteiger partial charge is 0.258 e. The second kappa shape index (κ2) is 5.85. The second-order valence-electron chi connectivity index (χ2n) is 3.00. The third kappa shape index (κ3) is 2.57. The molecule has 3 nitrogen and oxygen atoms in total. The van der Waals surface area contributed by atoms with Crippen molar-refractivity contribution in [2.45, 2.75) is 20.8 Å². The molecule has 0 aliphatic heterocycles. The van der Waals surface area contributed by atoms with E-state index in [1.807, 2.05) is 51.1 Å². The highest BCUT2D eigenvalue weighted by molar-refractivity contribution is 5.32. The molecule has 0 aliphatic carbocycles. The fourth-order valence-electron chi connectivity index (χ4n) is 1.39. The van der Waals surface area contributed by atoms with Crippen LogP contribution in [0.4, 0.5) is 0 Å². The first-order valence-corrected chi connectivity index (χ1v) is 5.39. The van der Waals surface area contributed by atoms with E-state index in [2.05, 4.69) is 4.98 Å². The van der Waals surface area contributed by atoms with Crippen LogP contribution in [-0.4, -0.2) is 9.55 Å². The predicted octanol–water partition coefficient (Wildman–Crippen LogP) is 2.57. The maximum Gasteiger partial charge on any atom is 0.258 e. The first kappa shape index (κ1) is 12.2. The van der Waals surface area contributed by atoms with Gasteiger partial charge in [-0.15, -0.1) is 0 Å². The van der Waals surface area contributed by atoms with E-state index in [4.69, 9.17) is 0 Å². The maximum atomic E-state index is 11.6. The Balaban J connectivity index is 0.000000606. The van der Waals surface area contributed by atoms with Crippen molar-refractivity contribution >= 4 is 0 Å². The van der Waals surface area contributed by atoms with Gasteiger partial charge in [0.1, 0.15) is 5.82 Å². The summed E-state index contributed by atoms with van der Waals surface area (Å²) < 4.78 is 1.58. The fourth-order valence-corrected chi connectivity index (χ4v) is 1.39. The minimum Gasteiger partial charge on any atom is -0.269 e. The summed E-state index contributed by atoms with van der Waals surface area (Å²) in [7, 11) is 0. The molecule has 0 aliphatic rings. The summed E-state index contributed by atoms with van der Waals surface area (Å²) in [6, 6.07) is 10.9. The molecule has 0 fully saturated rings. The van der Waals surface area contributed by atoms with Gasteiger partial charge in [-0.1, -0.05) is 32.0 Å². The van der Waals surface area contributed by atoms with Gasteiger partial charge in [0.25, 0.3) is 5.56 Å². The molecule has 1 aromatic carbocycles. The van der Waals surface area contributed by atoms with Crippen molar-refractivity contribution in [1.82, 2.24) is 9.55 Å². The predicted molar refractivity (Wildman–Crippen MR) is 65.9 cm³/mol. The van der Waals surface area contributed by atoms with Crippen molar-refractivity contribution in [2.24, 2.45) is 0 Å². The standard InChI is InChI=1S/C11H10N2O.C2H6/c1-9-12-8-7-11(14)13(9)10-5-3-2-4-6-10;1-2/h2-8H,1H3;1-2H3. The number of rotatable bonds is 1. The van der Waals surface area contributed by atoms with E-state index in [1.54, 1.807) is 4.57 Å². The summed E-state index contributed by atoms with van der Waals surface area (Å²) in [4.78, 5) is 15.6. The van der Waals surface area contributed by atoms with E-state index in [1.165, 1.54) is 12.3 Å². The number of aryl methyl sites for hydroxylation is 1. The van der Waals surface area contributed by atoms with Crippen molar-refractivity contribution in [2.75, 3.05) is 0 Å². The van der Waals surface area contributed by atoms with Crippen LogP contribution in [0.3, 0.4) is 0 Å². The summed E-state index contributed by atoms with van der Waals surface area (Å²) in [5, 5.41) is 0. The van der Waals surface area contributed by atoms with Gasteiger partial charge in [0.15, 0.2) is 0 Å². The van der Waals surface area contributed by atoms with Gasteiger partial charge in [-0.3, -0.25) is 9.36 Å². The lowest BCUT2D eigenvalue weighted by atomic mass is 10.3. The summed E-state index contributed by atoms with van der Waals surface area (Å²) in [5.41, 5.74) is 0.798. The van der Waals surface area contributed by atoms with Crippen LogP contribution in [0.25, 0.3) is 5.69 Å². The molecule has 0 saturated heterocycles. The monoisotopic (exact) mass is 216 g/mol. The Morgan fingerprint density at radius 1 is 1.06 bits per heavy atom. The van der Waals surface area contributed by atoms with E-state index in [0.29, 0.717) is 5.82 Å². The van der Waals surface area contributed by atoms with Crippen LogP contribution in [0.5, 0.6) is 0 Å². The number of hydrogen-bond donors (Lipinski definition) is 0. The largest absolute Gasteiger partial charge is 0.269 e. The quantitative estimate of drug-likeness (QED) is 0.734. The zero-order chi connectivity index (χ0) is 12.0. The first-order chi connectivity index (χ1) is 7.79. The van der Waals surface area contributed by atoms with E-state index >= 15 is 0 Å². The summed E-state index contributed by atoms with van der Waals surface area (Å²) in [5.74, 6) is 0.698. The van der Waals surface area contributed by atoms with Gasteiger partial charge in [-0.05, 0) is 19.1 Å². The van der Waals surface area contributed by atoms with Gasteiger partial charge in [0.05, 0.1) is 5.69 Å². The number of aromatic nitrogens is 2. The molecule has 0 saturated carbocycles. The molecular formula is C13H16N2O. The van der Waals surface area contributed by atoms with E-state index in [0.717, 1.165) is 5.69 Å². The van der Waals surface area contributed by atoms with Crippen molar-refractivity contribution in [1.29, 1.82) is 0 Å². The van der Waals surface area contributed by atoms with Crippen LogP contribution >= 0.6 is 0 Å². The number of nitrogens with zero attached hydrogens (tertiary/aromatic N) is 2. The summed E-state index contributed by atoms with van der Waals surface area (Å²) in [6.45, 7) is 5.81. The lowest BCUT2D eigenvalue weighted by molar-refractivity contribution is 0.870. The van der Waals surface area contributed by atoms with Gasteiger partial charge in [-0.25, -0.2) is 4.98 Å². The molecule has 1 aromatic heterocycles. The van der Waals surface area contributed by atoms with Crippen molar-refractivity contribution in [3.8, 4) is 5.69 Å². The molecule has 0 amide bonds. The highest BCUT2D eigenvalue weighted by Gasteiger charge is 2.01. The fraction of sp³-hybridized carbons (Fsp3) is 0.231. The van der Waals surface area contributed by atoms with Gasteiger partial charge in [0, 0.05) is 12.3 Å². The van der Waals surface area contributed by atoms with E-state index < -0.39 is 0 Å². The molecule has 0 radical (unpaired) electrons. The Bertz CT molecular complexity index is 489. The number of para-hydroxylation sites is 1. The van der Waals surface area contributed by atoms with Gasteiger partial charge < -0.3 is 0 Å². The Kier molecular flexibility index (Phi) is 4.45. The molecule has 16 heavy (non-hydrogen) atoms. The second-order valence-corrected chi connectivity index (χ2v) is 3.00. The first-order valence-electron chi connectivity index (χ1n) is 5.39. The van der Waals surface area contributed by atoms with Crippen LogP contribution in [0.15, 0.2) is 47.4 Å². The molecule has 0 atom stereocenters. The van der Waals surface area contributed by atoms with Gasteiger partial charge in [0.2, 0.25) is 0 Å². The molecule has 0 unspecified atom stereocenters. The topological polar surface area (TPSA) is 34.9 Å². The molecular weight excluding hydrogens is 200 g/mol. The molecule has 0 bridgehead atoms. The SMILES string of the molecule is CC.Cc1nccc(=O)n1-c1ccccc1. The molecule has 3 heteroatoms. The average Bonchev–Trinajstić information content (AvgIpc) is 2.33. The Morgan fingerprint density at radius 2 is 1.69 bits per heavy atom. The molecule has 1 heterocycles. The molecule has 84 valence electrons. The third-order valence-corrected chi connectivity index (χ3v) is 2.04. The molecule has 2 aromatic rings. The maximum absolute atomic E-state index is 11.6. The van der Waals surface area contributed by atoms with Crippen LogP contribution in [0.1, 0.15) is 19.7 Å². The summed E-state index contributed by atoms with van der Waals surface area (Å²) in [6.07, 6.45) is 1.52. The van der Waals surface area contributed by atoms with Crippen LogP contribution in [-0.2, 0) is 0 Å². The Labute approximate surface area is 95.4 Å². The van der Waals surface area contributed by atoms with Crippen LogP contribution < -0.4 is 5.56 Å². The van der Waals surface area contributed by atoms with Gasteiger partial charge >= 0.3 is 0 Å². The molecule has 0 N–H and O–H groups in total. The Morgan fingerprint density at radius 3 is 2.25 bits per heavy atom. The molecule has 2 rings (SSSR count). The lowest BCUT2D eigenvalue weighted by Crippen LogP contribution is -2.20. The van der Waals surface area contributed by atoms with Crippen LogP contribution in [0.2, 0.25) is 0 Å². The van der Waals surface area contributed by atoms with Crippen molar-refractivity contribution < 1.29 is 0 Å².